The second-order valence-electron chi connectivity index (χ2n) is 5.31. The van der Waals surface area contributed by atoms with Crippen molar-refractivity contribution in [2.45, 2.75) is 31.9 Å². The predicted octanol–water partition coefficient (Wildman–Crippen LogP) is 1.15. The largest absolute Gasteiger partial charge is 0.493 e. The Morgan fingerprint density at radius 2 is 2.15 bits per heavy atom. The zero-order valence-corrected chi connectivity index (χ0v) is 12.7. The van der Waals surface area contributed by atoms with E-state index < -0.39 is 9.84 Å². The molecule has 0 radical (unpaired) electrons. The van der Waals surface area contributed by atoms with Gasteiger partial charge in [-0.3, -0.25) is 0 Å². The van der Waals surface area contributed by atoms with Gasteiger partial charge in [-0.2, -0.15) is 0 Å². The molecule has 0 bridgehead atoms. The maximum atomic E-state index is 11.4. The molecule has 2 N–H and O–H groups in total. The van der Waals surface area contributed by atoms with E-state index in [1.807, 2.05) is 25.1 Å². The average molecular weight is 299 g/mol. The Kier molecular flexibility index (Phi) is 4.55. The van der Waals surface area contributed by atoms with Gasteiger partial charge in [0.05, 0.1) is 18.6 Å². The summed E-state index contributed by atoms with van der Waals surface area (Å²) in [5, 5.41) is 0. The van der Waals surface area contributed by atoms with Crippen LogP contribution in [0.2, 0.25) is 0 Å². The molecule has 2 atom stereocenters. The lowest BCUT2D eigenvalue weighted by Gasteiger charge is -2.16. The SMILES string of the molecule is COc1cc(CC(C)N)ccc1OC1CCS(=O)(=O)C1. The highest BCUT2D eigenvalue weighted by Gasteiger charge is 2.30. The topological polar surface area (TPSA) is 78.6 Å². The summed E-state index contributed by atoms with van der Waals surface area (Å²) in [4.78, 5) is 0. The first-order valence-electron chi connectivity index (χ1n) is 6.69. The van der Waals surface area contributed by atoms with Crippen LogP contribution in [0.1, 0.15) is 18.9 Å². The van der Waals surface area contributed by atoms with Crippen molar-refractivity contribution in [1.82, 2.24) is 0 Å². The van der Waals surface area contributed by atoms with Crippen molar-refractivity contribution in [3.05, 3.63) is 23.8 Å². The second kappa shape index (κ2) is 6.01. The monoisotopic (exact) mass is 299 g/mol. The van der Waals surface area contributed by atoms with Gasteiger partial charge in [0.25, 0.3) is 0 Å². The Balaban J connectivity index is 2.12. The number of nitrogens with two attached hydrogens (primary N) is 1. The van der Waals surface area contributed by atoms with Gasteiger partial charge in [-0.25, -0.2) is 8.42 Å². The van der Waals surface area contributed by atoms with Gasteiger partial charge in [0, 0.05) is 6.04 Å². The molecule has 2 rings (SSSR count). The molecular formula is C14H21NO4S. The third-order valence-corrected chi connectivity index (χ3v) is 5.01. The molecule has 1 fully saturated rings. The molecule has 0 saturated carbocycles. The lowest BCUT2D eigenvalue weighted by Crippen LogP contribution is -2.19. The molecule has 0 aromatic heterocycles. The molecule has 1 heterocycles. The zero-order chi connectivity index (χ0) is 14.8. The van der Waals surface area contributed by atoms with E-state index in [0.29, 0.717) is 17.9 Å². The van der Waals surface area contributed by atoms with Gasteiger partial charge >= 0.3 is 0 Å². The number of benzene rings is 1. The summed E-state index contributed by atoms with van der Waals surface area (Å²) in [5.74, 6) is 1.48. The van der Waals surface area contributed by atoms with Gasteiger partial charge in [-0.15, -0.1) is 0 Å². The third kappa shape index (κ3) is 3.86. The summed E-state index contributed by atoms with van der Waals surface area (Å²) in [5.41, 5.74) is 6.85. The van der Waals surface area contributed by atoms with Crippen molar-refractivity contribution < 1.29 is 17.9 Å². The van der Waals surface area contributed by atoms with E-state index in [-0.39, 0.29) is 23.7 Å². The van der Waals surface area contributed by atoms with Crippen LogP contribution in [0.4, 0.5) is 0 Å². The van der Waals surface area contributed by atoms with Crippen molar-refractivity contribution in [3.8, 4) is 11.5 Å². The molecule has 1 saturated heterocycles. The molecule has 5 nitrogen and oxygen atoms in total. The standard InChI is InChI=1S/C14H21NO4S/c1-10(15)7-11-3-4-13(14(8-11)18-2)19-12-5-6-20(16,17)9-12/h3-4,8,10,12H,5-7,9,15H2,1-2H3. The van der Waals surface area contributed by atoms with Crippen molar-refractivity contribution in [3.63, 3.8) is 0 Å². The summed E-state index contributed by atoms with van der Waals surface area (Å²) in [6, 6.07) is 5.72. The highest BCUT2D eigenvalue weighted by atomic mass is 32.2. The van der Waals surface area contributed by atoms with E-state index in [2.05, 4.69) is 0 Å². The summed E-state index contributed by atoms with van der Waals surface area (Å²) in [7, 11) is -1.37. The molecule has 6 heteroatoms. The molecule has 1 aliphatic heterocycles. The molecule has 1 aromatic rings. The van der Waals surface area contributed by atoms with Crippen LogP contribution in [0.5, 0.6) is 11.5 Å². The van der Waals surface area contributed by atoms with Gasteiger partial charge < -0.3 is 15.2 Å². The first-order chi connectivity index (χ1) is 9.39. The van der Waals surface area contributed by atoms with Gasteiger partial charge in [0.1, 0.15) is 6.10 Å². The number of ether oxygens (including phenoxy) is 2. The van der Waals surface area contributed by atoms with Crippen LogP contribution < -0.4 is 15.2 Å². The average Bonchev–Trinajstić information content (AvgIpc) is 2.70. The lowest BCUT2D eigenvalue weighted by atomic mass is 10.1. The van der Waals surface area contributed by atoms with Crippen LogP contribution >= 0.6 is 0 Å². The first-order valence-corrected chi connectivity index (χ1v) is 8.51. The fourth-order valence-corrected chi connectivity index (χ4v) is 3.93. The van der Waals surface area contributed by atoms with E-state index in [1.54, 1.807) is 7.11 Å². The fraction of sp³-hybridized carbons (Fsp3) is 0.571. The summed E-state index contributed by atoms with van der Waals surface area (Å²) >= 11 is 0. The maximum absolute atomic E-state index is 11.4. The number of sulfone groups is 1. The molecule has 112 valence electrons. The Labute approximate surface area is 120 Å². The highest BCUT2D eigenvalue weighted by Crippen LogP contribution is 2.31. The first kappa shape index (κ1) is 15.1. The molecule has 0 amide bonds. The normalized spacial score (nSPS) is 22.4. The summed E-state index contributed by atoms with van der Waals surface area (Å²) in [6.45, 7) is 1.94. The van der Waals surface area contributed by atoms with Crippen molar-refractivity contribution >= 4 is 9.84 Å². The van der Waals surface area contributed by atoms with Crippen molar-refractivity contribution in [1.29, 1.82) is 0 Å². The zero-order valence-electron chi connectivity index (χ0n) is 11.8. The van der Waals surface area contributed by atoms with Gasteiger partial charge in [0.2, 0.25) is 0 Å². The second-order valence-corrected chi connectivity index (χ2v) is 7.54. The van der Waals surface area contributed by atoms with Crippen LogP contribution in [-0.4, -0.2) is 39.2 Å². The van der Waals surface area contributed by atoms with Crippen LogP contribution in [0.3, 0.4) is 0 Å². The molecule has 2 unspecified atom stereocenters. The Hall–Kier alpha value is -1.27. The number of hydrogen-bond acceptors (Lipinski definition) is 5. The van der Waals surface area contributed by atoms with Crippen LogP contribution in [0, 0.1) is 0 Å². The number of rotatable bonds is 5. The van der Waals surface area contributed by atoms with E-state index in [1.165, 1.54) is 0 Å². The van der Waals surface area contributed by atoms with Crippen LogP contribution in [0.15, 0.2) is 18.2 Å². The minimum absolute atomic E-state index is 0.0754. The summed E-state index contributed by atoms with van der Waals surface area (Å²) in [6.07, 6.45) is 1.01. The van der Waals surface area contributed by atoms with E-state index in [0.717, 1.165) is 12.0 Å². The quantitative estimate of drug-likeness (QED) is 0.882. The molecule has 1 aliphatic rings. The molecule has 20 heavy (non-hydrogen) atoms. The van der Waals surface area contributed by atoms with Gasteiger partial charge in [-0.05, 0) is 37.5 Å². The predicted molar refractivity (Wildman–Crippen MR) is 78.0 cm³/mol. The minimum atomic E-state index is -2.94. The Morgan fingerprint density at radius 1 is 1.40 bits per heavy atom. The maximum Gasteiger partial charge on any atom is 0.161 e. The van der Waals surface area contributed by atoms with E-state index in [4.69, 9.17) is 15.2 Å². The molecule has 0 spiro atoms. The highest BCUT2D eigenvalue weighted by molar-refractivity contribution is 7.91. The summed E-state index contributed by atoms with van der Waals surface area (Å²) < 4.78 is 33.9. The lowest BCUT2D eigenvalue weighted by molar-refractivity contribution is 0.218. The van der Waals surface area contributed by atoms with Gasteiger partial charge in [-0.1, -0.05) is 6.07 Å². The fourth-order valence-electron chi connectivity index (χ4n) is 2.34. The van der Waals surface area contributed by atoms with E-state index >= 15 is 0 Å². The third-order valence-electron chi connectivity index (χ3n) is 3.27. The van der Waals surface area contributed by atoms with Crippen molar-refractivity contribution in [2.24, 2.45) is 5.73 Å². The number of hydrogen-bond donors (Lipinski definition) is 1. The van der Waals surface area contributed by atoms with Crippen LogP contribution in [0.25, 0.3) is 0 Å². The van der Waals surface area contributed by atoms with Crippen molar-refractivity contribution in [2.75, 3.05) is 18.6 Å². The Bertz CT molecular complexity index is 569. The molecule has 1 aromatic carbocycles. The Morgan fingerprint density at radius 3 is 2.70 bits per heavy atom. The number of methoxy groups -OCH3 is 1. The minimum Gasteiger partial charge on any atom is -0.493 e. The van der Waals surface area contributed by atoms with Crippen LogP contribution in [-0.2, 0) is 16.3 Å². The van der Waals surface area contributed by atoms with Gasteiger partial charge in [0.15, 0.2) is 21.3 Å². The van der Waals surface area contributed by atoms with E-state index in [9.17, 15) is 8.42 Å². The smallest absolute Gasteiger partial charge is 0.161 e. The molecular weight excluding hydrogens is 278 g/mol. The molecule has 0 aliphatic carbocycles.